The lowest BCUT2D eigenvalue weighted by Gasteiger charge is -2.35. The Morgan fingerprint density at radius 3 is 1.33 bits per heavy atom. The molecule has 3 heterocycles. The molecule has 296 valence electrons. The smallest absolute Gasteiger partial charge is 0.240 e. The number of rotatable bonds is 8. The third kappa shape index (κ3) is 5.95. The summed E-state index contributed by atoms with van der Waals surface area (Å²) in [7, 11) is -3.53. The molecule has 6 heteroatoms. The van der Waals surface area contributed by atoms with Crippen LogP contribution in [0.5, 0.6) is 0 Å². The van der Waals surface area contributed by atoms with Crippen molar-refractivity contribution in [2.24, 2.45) is 0 Å². The van der Waals surface area contributed by atoms with Crippen molar-refractivity contribution in [3.63, 3.8) is 0 Å². The standard InChI is InChI=1S/C57H39N5Si/c1-4-20-40(21-5-1)41-22-18-28-45(38-41)63(43-24-6-2-7-25-43,44-26-8-3-9-27-44)46-29-19-23-42(39-46)55-58-56(61-51-34-14-10-30-47(51)48-31-11-15-35-52(48)61)60-57(59-55)62-53-36-16-12-32-49(53)50-33-13-17-37-54(50)62/h1-39H/i1D,4D,5D,10D,12D,14D,16D,20D,21D,30D,32D,34D,36D. The third-order valence-electron chi connectivity index (χ3n) is 11.7. The van der Waals surface area contributed by atoms with Crippen molar-refractivity contribution < 1.29 is 17.8 Å². The molecule has 0 aliphatic heterocycles. The fraction of sp³-hybridized carbons (Fsp3) is 0. The zero-order chi connectivity index (χ0) is 53.1. The summed E-state index contributed by atoms with van der Waals surface area (Å²) in [5.41, 5.74) is 2.19. The summed E-state index contributed by atoms with van der Waals surface area (Å²) in [5, 5.41) is 5.17. The molecule has 5 nitrogen and oxygen atoms in total. The van der Waals surface area contributed by atoms with Crippen LogP contribution < -0.4 is 20.7 Å². The van der Waals surface area contributed by atoms with E-state index in [9.17, 15) is 2.74 Å². The molecule has 0 saturated carbocycles. The molecule has 0 aliphatic carbocycles. The molecule has 0 atom stereocenters. The minimum atomic E-state index is -3.53. The van der Waals surface area contributed by atoms with Crippen LogP contribution in [0.25, 0.3) is 78.0 Å². The van der Waals surface area contributed by atoms with Crippen molar-refractivity contribution in [3.05, 3.63) is 236 Å². The van der Waals surface area contributed by atoms with Crippen molar-refractivity contribution in [1.82, 2.24) is 24.1 Å². The molecule has 0 N–H and O–H groups in total. The van der Waals surface area contributed by atoms with E-state index in [2.05, 4.69) is 24.3 Å². The van der Waals surface area contributed by atoms with Gasteiger partial charge in [-0.05, 0) is 56.1 Å². The zero-order valence-electron chi connectivity index (χ0n) is 46.2. The second-order valence-corrected chi connectivity index (χ2v) is 18.9. The molecular formula is C57H39N5Si. The average molecular weight is 835 g/mol. The number of nitrogens with zero attached hydrogens (tertiary/aromatic N) is 5. The maximum Gasteiger partial charge on any atom is 0.240 e. The fourth-order valence-electron chi connectivity index (χ4n) is 9.01. The molecule has 0 radical (unpaired) electrons. The first-order valence-corrected chi connectivity index (χ1v) is 22.3. The van der Waals surface area contributed by atoms with Crippen LogP contribution in [-0.4, -0.2) is 32.2 Å². The van der Waals surface area contributed by atoms with Crippen LogP contribution in [0.2, 0.25) is 0 Å². The highest BCUT2D eigenvalue weighted by Crippen LogP contribution is 2.34. The Morgan fingerprint density at radius 2 is 0.778 bits per heavy atom. The lowest BCUT2D eigenvalue weighted by molar-refractivity contribution is 0.893. The number of hydrogen-bond donors (Lipinski definition) is 0. The normalized spacial score (nSPS) is 14.7. The van der Waals surface area contributed by atoms with Crippen molar-refractivity contribution in [1.29, 1.82) is 0 Å². The molecule has 12 rings (SSSR count). The molecule has 9 aromatic carbocycles. The van der Waals surface area contributed by atoms with E-state index in [1.165, 1.54) is 0 Å². The summed E-state index contributed by atoms with van der Waals surface area (Å²) in [6, 6.07) is 44.7. The lowest BCUT2D eigenvalue weighted by Crippen LogP contribution is -2.74. The van der Waals surface area contributed by atoms with E-state index in [0.29, 0.717) is 32.9 Å². The Hall–Kier alpha value is -8.19. The Kier molecular flexibility index (Phi) is 6.11. The third-order valence-corrected chi connectivity index (χ3v) is 16.4. The van der Waals surface area contributed by atoms with Crippen molar-refractivity contribution in [2.75, 3.05) is 0 Å². The molecule has 0 bridgehead atoms. The first-order valence-electron chi connectivity index (χ1n) is 26.8. The van der Waals surface area contributed by atoms with Gasteiger partial charge in [-0.1, -0.05) is 212 Å². The highest BCUT2D eigenvalue weighted by atomic mass is 28.3. The van der Waals surface area contributed by atoms with E-state index < -0.39 is 50.4 Å². The SMILES string of the molecule is [2H]c1c([2H])c([2H])c(-c2cccc([Si](c3ccccc3)(c3ccccc3)c3cccc(-c4nc(-n5c6ccccc6c6c([2H])c([2H])c([2H])c([2H])c65)nc(-n5c6ccccc6c6c([2H])c([2H])c([2H])c([2H])c65)n4)c3)c2)c([2H])c1[2H]. The molecule has 63 heavy (non-hydrogen) atoms. The summed E-state index contributed by atoms with van der Waals surface area (Å²) in [5.74, 6) is 0.0565. The maximum atomic E-state index is 9.32. The largest absolute Gasteiger partial charge is 0.278 e. The van der Waals surface area contributed by atoms with E-state index >= 15 is 0 Å². The maximum absolute atomic E-state index is 9.32. The highest BCUT2D eigenvalue weighted by Gasteiger charge is 2.42. The Balaban J connectivity index is 1.19. The quantitative estimate of drug-likeness (QED) is 0.113. The van der Waals surface area contributed by atoms with Gasteiger partial charge in [0.05, 0.1) is 39.9 Å². The second kappa shape index (κ2) is 15.1. The van der Waals surface area contributed by atoms with Crippen LogP contribution >= 0.6 is 0 Å². The minimum absolute atomic E-state index is 0.0330. The lowest BCUT2D eigenvalue weighted by atomic mass is 10.1. The highest BCUT2D eigenvalue weighted by molar-refractivity contribution is 7.20. The second-order valence-electron chi connectivity index (χ2n) is 15.1. The van der Waals surface area contributed by atoms with Crippen molar-refractivity contribution in [2.45, 2.75) is 0 Å². The average Bonchev–Trinajstić information content (AvgIpc) is 4.13. The van der Waals surface area contributed by atoms with Crippen LogP contribution in [-0.2, 0) is 0 Å². The fourth-order valence-corrected chi connectivity index (χ4v) is 13.8. The van der Waals surface area contributed by atoms with Gasteiger partial charge in [0.15, 0.2) is 13.9 Å². The van der Waals surface area contributed by atoms with Gasteiger partial charge in [0.2, 0.25) is 11.9 Å². The molecule has 12 aromatic rings. The Bertz CT molecular complexity index is 4190. The van der Waals surface area contributed by atoms with Gasteiger partial charge in [-0.2, -0.15) is 15.0 Å². The summed E-state index contributed by atoms with van der Waals surface area (Å²) in [4.78, 5) is 15.5. The van der Waals surface area contributed by atoms with Gasteiger partial charge in [-0.25, -0.2) is 0 Å². The van der Waals surface area contributed by atoms with Crippen molar-refractivity contribution in [3.8, 4) is 34.4 Å². The van der Waals surface area contributed by atoms with Crippen LogP contribution in [0.15, 0.2) is 236 Å². The van der Waals surface area contributed by atoms with Crippen LogP contribution in [0.3, 0.4) is 0 Å². The van der Waals surface area contributed by atoms with Gasteiger partial charge in [0, 0.05) is 27.1 Å². The monoisotopic (exact) mass is 834 g/mol. The summed E-state index contributed by atoms with van der Waals surface area (Å²) >= 11 is 0. The van der Waals surface area contributed by atoms with Crippen LogP contribution in [0.4, 0.5) is 0 Å². The van der Waals surface area contributed by atoms with Crippen molar-refractivity contribution >= 4 is 72.4 Å². The summed E-state index contributed by atoms with van der Waals surface area (Å²) < 4.78 is 118. The molecule has 0 aliphatic rings. The molecule has 0 unspecified atom stereocenters. The summed E-state index contributed by atoms with van der Waals surface area (Å²) in [6.45, 7) is 0. The molecule has 0 saturated heterocycles. The molecule has 0 fully saturated rings. The Labute approximate surface area is 384 Å². The topological polar surface area (TPSA) is 48.5 Å². The zero-order valence-corrected chi connectivity index (χ0v) is 34.2. The Morgan fingerprint density at radius 1 is 0.333 bits per heavy atom. The predicted molar refractivity (Wildman–Crippen MR) is 263 cm³/mol. The van der Waals surface area contributed by atoms with E-state index in [1.807, 2.05) is 78.9 Å². The predicted octanol–water partition coefficient (Wildman–Crippen LogP) is 10.8. The van der Waals surface area contributed by atoms with E-state index in [-0.39, 0.29) is 81.3 Å². The molecular weight excluding hydrogens is 783 g/mol. The van der Waals surface area contributed by atoms with Crippen LogP contribution in [0, 0.1) is 0 Å². The van der Waals surface area contributed by atoms with E-state index in [4.69, 9.17) is 30.0 Å². The van der Waals surface area contributed by atoms with E-state index in [1.54, 1.807) is 63.7 Å². The van der Waals surface area contributed by atoms with Gasteiger partial charge in [-0.3, -0.25) is 9.13 Å². The molecule has 0 amide bonds. The molecule has 3 aromatic heterocycles. The molecule has 0 spiro atoms. The first kappa shape index (κ1) is 25.5. The van der Waals surface area contributed by atoms with Crippen LogP contribution in [0.1, 0.15) is 17.8 Å². The van der Waals surface area contributed by atoms with Gasteiger partial charge < -0.3 is 0 Å². The minimum Gasteiger partial charge on any atom is -0.278 e. The number of fused-ring (bicyclic) bond motifs is 6. The van der Waals surface area contributed by atoms with Gasteiger partial charge in [-0.15, -0.1) is 0 Å². The van der Waals surface area contributed by atoms with Gasteiger partial charge in [0.25, 0.3) is 0 Å². The van der Waals surface area contributed by atoms with Gasteiger partial charge in [0.1, 0.15) is 0 Å². The summed E-state index contributed by atoms with van der Waals surface area (Å²) in [6.07, 6.45) is 0. The number of para-hydroxylation sites is 4. The number of hydrogen-bond acceptors (Lipinski definition) is 3. The van der Waals surface area contributed by atoms with E-state index in [0.717, 1.165) is 20.7 Å². The van der Waals surface area contributed by atoms with Gasteiger partial charge >= 0.3 is 0 Å². The number of aromatic nitrogens is 5. The first-order chi connectivity index (χ1) is 36.6. The number of benzene rings is 9.